The Morgan fingerprint density at radius 2 is 1.57 bits per heavy atom. The Labute approximate surface area is 203 Å². The third-order valence-corrected chi connectivity index (χ3v) is 7.64. The normalized spacial score (nSPS) is 15.4. The zero-order valence-electron chi connectivity index (χ0n) is 18.9. The zero-order chi connectivity index (χ0) is 24.8. The molecule has 1 saturated heterocycles. The molecule has 0 saturated carbocycles. The molecule has 9 heteroatoms. The van der Waals surface area contributed by atoms with Crippen LogP contribution < -0.4 is 5.32 Å². The van der Waals surface area contributed by atoms with Gasteiger partial charge in [0.1, 0.15) is 11.6 Å². The van der Waals surface area contributed by atoms with Crippen LogP contribution in [0.25, 0.3) is 6.08 Å². The molecule has 3 aromatic carbocycles. The van der Waals surface area contributed by atoms with Crippen LogP contribution in [-0.2, 0) is 10.0 Å². The predicted octanol–water partition coefficient (Wildman–Crippen LogP) is 4.24. The molecule has 4 rings (SSSR count). The first-order valence-corrected chi connectivity index (χ1v) is 12.6. The number of carbonyl (C=O) groups is 1. The van der Waals surface area contributed by atoms with E-state index >= 15 is 0 Å². The minimum absolute atomic E-state index is 0.198. The highest BCUT2D eigenvalue weighted by Gasteiger charge is 2.29. The number of nitrogens with one attached hydrogen (secondary N) is 1. The molecule has 1 fully saturated rings. The Morgan fingerprint density at radius 3 is 2.26 bits per heavy atom. The van der Waals surface area contributed by atoms with Crippen molar-refractivity contribution in [3.63, 3.8) is 0 Å². The monoisotopic (exact) mass is 497 g/mol. The van der Waals surface area contributed by atoms with E-state index < -0.39 is 27.6 Å². The van der Waals surface area contributed by atoms with Crippen LogP contribution in [0.5, 0.6) is 0 Å². The lowest BCUT2D eigenvalue weighted by Gasteiger charge is -2.33. The van der Waals surface area contributed by atoms with Gasteiger partial charge in [0.15, 0.2) is 0 Å². The molecule has 1 heterocycles. The minimum atomic E-state index is -3.90. The topological polar surface area (TPSA) is 69.7 Å². The first kappa shape index (κ1) is 24.7. The van der Waals surface area contributed by atoms with Crippen LogP contribution in [0, 0.1) is 11.6 Å². The number of hydrogen-bond acceptors (Lipinski definition) is 4. The molecule has 0 radical (unpaired) electrons. The molecular weight excluding hydrogens is 472 g/mol. The Kier molecular flexibility index (Phi) is 7.70. The Balaban J connectivity index is 1.36. The highest BCUT2D eigenvalue weighted by Crippen LogP contribution is 2.23. The lowest BCUT2D eigenvalue weighted by Crippen LogP contribution is -2.48. The Hall–Kier alpha value is -3.40. The number of hydrogen-bond donors (Lipinski definition) is 1. The summed E-state index contributed by atoms with van der Waals surface area (Å²) >= 11 is 0. The van der Waals surface area contributed by atoms with Crippen molar-refractivity contribution in [3.8, 4) is 0 Å². The molecule has 1 aliphatic rings. The third-order valence-electron chi connectivity index (χ3n) is 5.75. The molecule has 0 aromatic heterocycles. The van der Waals surface area contributed by atoms with Gasteiger partial charge in [-0.25, -0.2) is 17.2 Å². The van der Waals surface area contributed by atoms with Gasteiger partial charge in [-0.2, -0.15) is 4.31 Å². The summed E-state index contributed by atoms with van der Waals surface area (Å²) in [6, 6.07) is 18.5. The van der Waals surface area contributed by atoms with Crippen molar-refractivity contribution in [2.45, 2.75) is 4.90 Å². The quantitative estimate of drug-likeness (QED) is 0.530. The summed E-state index contributed by atoms with van der Waals surface area (Å²) in [7, 11) is -3.90. The summed E-state index contributed by atoms with van der Waals surface area (Å²) in [5.41, 5.74) is 0.636. The van der Waals surface area contributed by atoms with Crippen molar-refractivity contribution < 1.29 is 22.0 Å². The van der Waals surface area contributed by atoms with Crippen molar-refractivity contribution in [2.24, 2.45) is 0 Å². The van der Waals surface area contributed by atoms with E-state index in [1.54, 1.807) is 0 Å². The Morgan fingerprint density at radius 1 is 0.886 bits per heavy atom. The van der Waals surface area contributed by atoms with Crippen LogP contribution in [0.4, 0.5) is 14.5 Å². The van der Waals surface area contributed by atoms with Gasteiger partial charge in [-0.05, 0) is 35.9 Å². The van der Waals surface area contributed by atoms with Crippen LogP contribution in [-0.4, -0.2) is 56.3 Å². The molecule has 0 unspecified atom stereocenters. The molecule has 0 bridgehead atoms. The summed E-state index contributed by atoms with van der Waals surface area (Å²) in [5, 5.41) is 2.29. The molecule has 182 valence electrons. The second-order valence-corrected chi connectivity index (χ2v) is 10.0. The van der Waals surface area contributed by atoms with Gasteiger partial charge in [-0.15, -0.1) is 0 Å². The fraction of sp³-hybridized carbons (Fsp3) is 0.192. The van der Waals surface area contributed by atoms with E-state index in [-0.39, 0.29) is 29.2 Å². The third kappa shape index (κ3) is 6.00. The van der Waals surface area contributed by atoms with Gasteiger partial charge >= 0.3 is 0 Å². The summed E-state index contributed by atoms with van der Waals surface area (Å²) in [6.45, 7) is 2.38. The largest absolute Gasteiger partial charge is 0.319 e. The van der Waals surface area contributed by atoms with Gasteiger partial charge in [0.2, 0.25) is 10.0 Å². The smallest absolute Gasteiger partial charge is 0.258 e. The summed E-state index contributed by atoms with van der Waals surface area (Å²) in [4.78, 5) is 14.2. The van der Waals surface area contributed by atoms with E-state index in [1.807, 2.05) is 42.5 Å². The highest BCUT2D eigenvalue weighted by molar-refractivity contribution is 7.89. The molecule has 0 spiro atoms. The van der Waals surface area contributed by atoms with Gasteiger partial charge in [0.25, 0.3) is 5.91 Å². The van der Waals surface area contributed by atoms with E-state index in [1.165, 1.54) is 34.6 Å². The first-order valence-electron chi connectivity index (χ1n) is 11.1. The SMILES string of the molecule is O=C(Nc1ccc(S(=O)(=O)N2CCN(C/C=C/c3ccccc3)CC2)cc1F)c1ccccc1F. The molecular formula is C26H25F2N3O3S. The Bertz CT molecular complexity index is 1320. The predicted molar refractivity (Wildman–Crippen MR) is 131 cm³/mol. The lowest BCUT2D eigenvalue weighted by atomic mass is 10.2. The maximum Gasteiger partial charge on any atom is 0.258 e. The average molecular weight is 498 g/mol. The number of benzene rings is 3. The second-order valence-electron chi connectivity index (χ2n) is 8.09. The number of anilines is 1. The van der Waals surface area contributed by atoms with Crippen molar-refractivity contribution in [3.05, 3.63) is 102 Å². The average Bonchev–Trinajstić information content (AvgIpc) is 2.86. The van der Waals surface area contributed by atoms with Gasteiger partial charge in [0.05, 0.1) is 16.1 Å². The molecule has 6 nitrogen and oxygen atoms in total. The van der Waals surface area contributed by atoms with Crippen molar-refractivity contribution in [1.82, 2.24) is 9.21 Å². The molecule has 3 aromatic rings. The van der Waals surface area contributed by atoms with Crippen molar-refractivity contribution in [1.29, 1.82) is 0 Å². The van der Waals surface area contributed by atoms with E-state index in [2.05, 4.69) is 10.2 Å². The summed E-state index contributed by atoms with van der Waals surface area (Å²) in [5.74, 6) is -2.48. The lowest BCUT2D eigenvalue weighted by molar-refractivity contribution is 0.102. The minimum Gasteiger partial charge on any atom is -0.319 e. The van der Waals surface area contributed by atoms with Gasteiger partial charge in [0, 0.05) is 32.7 Å². The molecule has 1 N–H and O–H groups in total. The highest BCUT2D eigenvalue weighted by atomic mass is 32.2. The summed E-state index contributed by atoms with van der Waals surface area (Å²) in [6.07, 6.45) is 4.07. The van der Waals surface area contributed by atoms with Crippen molar-refractivity contribution >= 4 is 27.7 Å². The molecule has 1 aliphatic heterocycles. The molecule has 0 aliphatic carbocycles. The van der Waals surface area contributed by atoms with E-state index in [9.17, 15) is 22.0 Å². The fourth-order valence-electron chi connectivity index (χ4n) is 3.80. The molecule has 0 atom stereocenters. The second kappa shape index (κ2) is 10.9. The standard InChI is InChI=1S/C26H25F2N3O3S/c27-23-11-5-4-10-22(23)26(32)29-25-13-12-21(19-24(25)28)35(33,34)31-17-15-30(16-18-31)14-6-9-20-7-2-1-3-8-20/h1-13,19H,14-18H2,(H,29,32)/b9-6+. The van der Waals surface area contributed by atoms with Gasteiger partial charge in [-0.1, -0.05) is 54.6 Å². The molecule has 35 heavy (non-hydrogen) atoms. The van der Waals surface area contributed by atoms with E-state index in [4.69, 9.17) is 0 Å². The number of rotatable bonds is 7. The van der Waals surface area contributed by atoms with Crippen LogP contribution in [0.3, 0.4) is 0 Å². The number of carbonyl (C=O) groups excluding carboxylic acids is 1. The van der Waals surface area contributed by atoms with Crippen LogP contribution in [0.1, 0.15) is 15.9 Å². The zero-order valence-corrected chi connectivity index (χ0v) is 19.7. The maximum absolute atomic E-state index is 14.7. The van der Waals surface area contributed by atoms with Crippen molar-refractivity contribution in [2.75, 3.05) is 38.0 Å². The number of piperazine rings is 1. The number of sulfonamides is 1. The first-order chi connectivity index (χ1) is 16.8. The van der Waals surface area contributed by atoms with Gasteiger partial charge in [-0.3, -0.25) is 9.69 Å². The van der Waals surface area contributed by atoms with E-state index in [0.717, 1.165) is 17.7 Å². The number of amides is 1. The van der Waals surface area contributed by atoms with Crippen LogP contribution >= 0.6 is 0 Å². The number of nitrogens with zero attached hydrogens (tertiary/aromatic N) is 2. The van der Waals surface area contributed by atoms with E-state index in [0.29, 0.717) is 19.6 Å². The molecule has 1 amide bonds. The fourth-order valence-corrected chi connectivity index (χ4v) is 5.23. The van der Waals surface area contributed by atoms with Crippen LogP contribution in [0.2, 0.25) is 0 Å². The van der Waals surface area contributed by atoms with Gasteiger partial charge < -0.3 is 5.32 Å². The number of halogens is 2. The van der Waals surface area contributed by atoms with Crippen LogP contribution in [0.15, 0.2) is 83.8 Å². The maximum atomic E-state index is 14.7. The summed E-state index contributed by atoms with van der Waals surface area (Å²) < 4.78 is 55.9.